The first-order valence-electron chi connectivity index (χ1n) is 9.17. The van der Waals surface area contributed by atoms with Crippen molar-refractivity contribution in [1.82, 2.24) is 0 Å². The minimum absolute atomic E-state index is 0.175. The van der Waals surface area contributed by atoms with Crippen molar-refractivity contribution in [2.24, 2.45) is 0 Å². The lowest BCUT2D eigenvalue weighted by Crippen LogP contribution is -2.31. The number of para-hydroxylation sites is 2. The number of sulfonamides is 2. The van der Waals surface area contributed by atoms with Crippen molar-refractivity contribution in [2.45, 2.75) is 16.2 Å². The number of hydrogen-bond acceptors (Lipinski definition) is 4. The molecule has 1 heterocycles. The van der Waals surface area contributed by atoms with Gasteiger partial charge in [-0.3, -0.25) is 8.61 Å². The molecule has 0 saturated carbocycles. The summed E-state index contributed by atoms with van der Waals surface area (Å²) in [5, 5.41) is 0. The van der Waals surface area contributed by atoms with Crippen molar-refractivity contribution in [2.75, 3.05) is 21.7 Å². The monoisotopic (exact) mass is 428 g/mol. The molecule has 0 amide bonds. The van der Waals surface area contributed by atoms with Crippen molar-refractivity contribution >= 4 is 31.4 Å². The normalized spacial score (nSPS) is 14.9. The largest absolute Gasteiger partial charge is 0.264 e. The fourth-order valence-electron chi connectivity index (χ4n) is 3.42. The zero-order valence-electron chi connectivity index (χ0n) is 15.5. The van der Waals surface area contributed by atoms with Crippen LogP contribution >= 0.6 is 0 Å². The van der Waals surface area contributed by atoms with E-state index < -0.39 is 20.0 Å². The van der Waals surface area contributed by atoms with Crippen LogP contribution in [0.3, 0.4) is 0 Å². The maximum absolute atomic E-state index is 13.3. The maximum atomic E-state index is 13.3. The van der Waals surface area contributed by atoms with Crippen LogP contribution in [0.25, 0.3) is 0 Å². The van der Waals surface area contributed by atoms with Crippen LogP contribution in [0.15, 0.2) is 94.7 Å². The third-order valence-electron chi connectivity index (χ3n) is 4.80. The summed E-state index contributed by atoms with van der Waals surface area (Å²) in [5.41, 5.74) is 0.710. The van der Waals surface area contributed by atoms with E-state index in [0.717, 1.165) is 0 Å². The lowest BCUT2D eigenvalue weighted by molar-refractivity contribution is 0.589. The zero-order chi connectivity index (χ0) is 20.5. The quantitative estimate of drug-likeness (QED) is 0.638. The molecule has 0 radical (unpaired) electrons. The third-order valence-corrected chi connectivity index (χ3v) is 8.46. The molecule has 150 valence electrons. The van der Waals surface area contributed by atoms with Gasteiger partial charge in [0.25, 0.3) is 20.0 Å². The molecular formula is C21H20N2O4S2. The van der Waals surface area contributed by atoms with Gasteiger partial charge in [0.1, 0.15) is 0 Å². The van der Waals surface area contributed by atoms with Gasteiger partial charge in [-0.2, -0.15) is 0 Å². The highest BCUT2D eigenvalue weighted by Gasteiger charge is 2.34. The van der Waals surface area contributed by atoms with E-state index in [9.17, 15) is 16.8 Å². The molecule has 0 saturated heterocycles. The lowest BCUT2D eigenvalue weighted by Gasteiger charge is -2.27. The van der Waals surface area contributed by atoms with Crippen LogP contribution in [0.4, 0.5) is 11.4 Å². The Kier molecular flexibility index (Phi) is 5.06. The minimum Gasteiger partial charge on any atom is -0.264 e. The van der Waals surface area contributed by atoms with Crippen LogP contribution in [0.2, 0.25) is 0 Å². The first-order chi connectivity index (χ1) is 13.9. The molecule has 4 rings (SSSR count). The SMILES string of the molecule is O=S(=O)(c1ccccc1)N1CCCN(S(=O)(=O)c2ccccc2)c2ccccc21. The van der Waals surface area contributed by atoms with Gasteiger partial charge in [0, 0.05) is 13.1 Å². The van der Waals surface area contributed by atoms with E-state index in [0.29, 0.717) is 17.8 Å². The number of nitrogens with zero attached hydrogens (tertiary/aromatic N) is 2. The van der Waals surface area contributed by atoms with Crippen LogP contribution in [0.5, 0.6) is 0 Å². The van der Waals surface area contributed by atoms with E-state index in [1.165, 1.54) is 8.61 Å². The summed E-state index contributed by atoms with van der Waals surface area (Å²) in [4.78, 5) is 0.350. The predicted octanol–water partition coefficient (Wildman–Crippen LogP) is 3.48. The molecule has 0 aromatic heterocycles. The van der Waals surface area contributed by atoms with Crippen molar-refractivity contribution < 1.29 is 16.8 Å². The van der Waals surface area contributed by atoms with Crippen LogP contribution in [0, 0.1) is 0 Å². The second-order valence-corrected chi connectivity index (χ2v) is 10.3. The molecular weight excluding hydrogens is 408 g/mol. The fraction of sp³-hybridized carbons (Fsp3) is 0.143. The Morgan fingerprint density at radius 1 is 0.517 bits per heavy atom. The van der Waals surface area contributed by atoms with E-state index in [2.05, 4.69) is 0 Å². The van der Waals surface area contributed by atoms with Crippen LogP contribution in [-0.2, 0) is 20.0 Å². The van der Waals surface area contributed by atoms with Crippen LogP contribution < -0.4 is 8.61 Å². The van der Waals surface area contributed by atoms with Gasteiger partial charge < -0.3 is 0 Å². The standard InChI is InChI=1S/C21H20N2O4S2/c24-28(25,18-10-3-1-4-11-18)22-16-9-17-23(21-15-8-7-14-20(21)22)29(26,27)19-12-5-2-6-13-19/h1-8,10-15H,9,16-17H2. The zero-order valence-corrected chi connectivity index (χ0v) is 17.2. The molecule has 0 atom stereocenters. The number of rotatable bonds is 4. The Bertz CT molecular complexity index is 1120. The van der Waals surface area contributed by atoms with Gasteiger partial charge in [0.2, 0.25) is 0 Å². The Morgan fingerprint density at radius 3 is 1.24 bits per heavy atom. The summed E-state index contributed by atoms with van der Waals surface area (Å²) in [6, 6.07) is 23.1. The van der Waals surface area contributed by atoms with Crippen LogP contribution in [0.1, 0.15) is 6.42 Å². The number of fused-ring (bicyclic) bond motifs is 1. The molecule has 0 fully saturated rings. The first kappa shape index (κ1) is 19.5. The van der Waals surface area contributed by atoms with Gasteiger partial charge in [-0.25, -0.2) is 16.8 Å². The lowest BCUT2D eigenvalue weighted by atomic mass is 10.2. The van der Waals surface area contributed by atoms with Gasteiger partial charge in [-0.05, 0) is 42.8 Å². The third kappa shape index (κ3) is 3.49. The predicted molar refractivity (Wildman–Crippen MR) is 113 cm³/mol. The molecule has 0 unspecified atom stereocenters. The molecule has 0 aliphatic carbocycles. The average Bonchev–Trinajstić information content (AvgIpc) is 2.96. The molecule has 8 heteroatoms. The summed E-state index contributed by atoms with van der Waals surface area (Å²) < 4.78 is 55.8. The van der Waals surface area contributed by atoms with Gasteiger partial charge in [-0.15, -0.1) is 0 Å². The van der Waals surface area contributed by atoms with Crippen molar-refractivity contribution in [3.63, 3.8) is 0 Å². The van der Waals surface area contributed by atoms with E-state index in [1.807, 2.05) is 0 Å². The van der Waals surface area contributed by atoms with E-state index in [-0.39, 0.29) is 22.9 Å². The summed E-state index contributed by atoms with van der Waals surface area (Å²) >= 11 is 0. The van der Waals surface area contributed by atoms with Gasteiger partial charge in [-0.1, -0.05) is 48.5 Å². The van der Waals surface area contributed by atoms with E-state index in [1.54, 1.807) is 84.9 Å². The Hall–Kier alpha value is -2.84. The molecule has 1 aliphatic rings. The van der Waals surface area contributed by atoms with Crippen LogP contribution in [-0.4, -0.2) is 29.9 Å². The second kappa shape index (κ2) is 7.53. The van der Waals surface area contributed by atoms with Crippen molar-refractivity contribution in [1.29, 1.82) is 0 Å². The van der Waals surface area contributed by atoms with Crippen molar-refractivity contribution in [3.05, 3.63) is 84.9 Å². The van der Waals surface area contributed by atoms with Crippen molar-refractivity contribution in [3.8, 4) is 0 Å². The average molecular weight is 429 g/mol. The topological polar surface area (TPSA) is 74.8 Å². The van der Waals surface area contributed by atoms with Gasteiger partial charge >= 0.3 is 0 Å². The summed E-state index contributed by atoms with van der Waals surface area (Å²) in [6.45, 7) is 0.379. The molecule has 1 aliphatic heterocycles. The molecule has 0 bridgehead atoms. The smallest absolute Gasteiger partial charge is 0.264 e. The maximum Gasteiger partial charge on any atom is 0.264 e. The van der Waals surface area contributed by atoms with E-state index in [4.69, 9.17) is 0 Å². The summed E-state index contributed by atoms with van der Waals surface area (Å²) in [7, 11) is -7.64. The first-order valence-corrected chi connectivity index (χ1v) is 12.0. The number of hydrogen-bond donors (Lipinski definition) is 0. The highest BCUT2D eigenvalue weighted by atomic mass is 32.2. The molecule has 0 spiro atoms. The van der Waals surface area contributed by atoms with Gasteiger partial charge in [0.15, 0.2) is 0 Å². The van der Waals surface area contributed by atoms with E-state index >= 15 is 0 Å². The second-order valence-electron chi connectivity index (χ2n) is 6.62. The van der Waals surface area contributed by atoms with Gasteiger partial charge in [0.05, 0.1) is 21.2 Å². The fourth-order valence-corrected chi connectivity index (χ4v) is 6.50. The number of benzene rings is 3. The highest BCUT2D eigenvalue weighted by Crippen LogP contribution is 2.38. The highest BCUT2D eigenvalue weighted by molar-refractivity contribution is 7.93. The minimum atomic E-state index is -3.82. The molecule has 29 heavy (non-hydrogen) atoms. The number of anilines is 2. The Morgan fingerprint density at radius 2 is 0.862 bits per heavy atom. The molecule has 3 aromatic carbocycles. The summed E-state index contributed by atoms with van der Waals surface area (Å²) in [5.74, 6) is 0. The Balaban J connectivity index is 1.84. The molecule has 3 aromatic rings. The molecule has 6 nitrogen and oxygen atoms in total. The Labute approximate surface area is 171 Å². The summed E-state index contributed by atoms with van der Waals surface area (Å²) in [6.07, 6.45) is 0.368. The molecule has 0 N–H and O–H groups in total.